The zero-order valence-electron chi connectivity index (χ0n) is 15.7. The molecular weight excluding hydrogens is 360 g/mol. The fourth-order valence-corrected chi connectivity index (χ4v) is 4.23. The number of ether oxygens (including phenoxy) is 3. The minimum absolute atomic E-state index is 0.00434. The number of amides is 2. The molecule has 0 fully saturated rings. The summed E-state index contributed by atoms with van der Waals surface area (Å²) < 4.78 is 16.9. The van der Waals surface area contributed by atoms with E-state index in [1.807, 2.05) is 44.2 Å². The number of para-hydroxylation sites is 1. The SMILES string of the molecule is CC(C)NC(=O)CN1C(=O)C2(COc3cc4c(cc32)OCO4)c2ccccc21. The fraction of sp³-hybridized carbons (Fsp3) is 0.333. The van der Waals surface area contributed by atoms with Crippen LogP contribution in [0.5, 0.6) is 17.2 Å². The van der Waals surface area contributed by atoms with E-state index in [-0.39, 0.29) is 37.8 Å². The fourth-order valence-electron chi connectivity index (χ4n) is 4.23. The van der Waals surface area contributed by atoms with Crippen LogP contribution in [0.1, 0.15) is 25.0 Å². The topological polar surface area (TPSA) is 77.1 Å². The van der Waals surface area contributed by atoms with E-state index in [0.717, 1.165) is 16.8 Å². The highest BCUT2D eigenvalue weighted by molar-refractivity contribution is 6.13. The highest BCUT2D eigenvalue weighted by atomic mass is 16.7. The van der Waals surface area contributed by atoms with Crippen molar-refractivity contribution in [3.63, 3.8) is 0 Å². The zero-order valence-corrected chi connectivity index (χ0v) is 15.7. The predicted octanol–water partition coefficient (Wildman–Crippen LogP) is 1.96. The average molecular weight is 380 g/mol. The number of fused-ring (bicyclic) bond motifs is 5. The summed E-state index contributed by atoms with van der Waals surface area (Å²) in [5.41, 5.74) is 1.35. The maximum atomic E-state index is 13.7. The Bertz CT molecular complexity index is 1000. The molecule has 2 aromatic carbocycles. The Hall–Kier alpha value is -3.22. The number of nitrogens with one attached hydrogen (secondary N) is 1. The van der Waals surface area contributed by atoms with Crippen molar-refractivity contribution in [2.75, 3.05) is 24.8 Å². The number of rotatable bonds is 3. The number of benzene rings is 2. The molecule has 0 aromatic heterocycles. The van der Waals surface area contributed by atoms with Gasteiger partial charge in [0.15, 0.2) is 11.5 Å². The quantitative estimate of drug-likeness (QED) is 0.881. The first-order valence-electron chi connectivity index (χ1n) is 9.28. The second-order valence-corrected chi connectivity index (χ2v) is 7.53. The van der Waals surface area contributed by atoms with E-state index in [1.54, 1.807) is 11.0 Å². The lowest BCUT2D eigenvalue weighted by Crippen LogP contribution is -2.47. The highest BCUT2D eigenvalue weighted by Crippen LogP contribution is 2.54. The summed E-state index contributed by atoms with van der Waals surface area (Å²) in [4.78, 5) is 27.6. The lowest BCUT2D eigenvalue weighted by atomic mass is 9.77. The molecule has 2 amide bonds. The molecule has 28 heavy (non-hydrogen) atoms. The van der Waals surface area contributed by atoms with Crippen molar-refractivity contribution in [2.45, 2.75) is 25.3 Å². The Morgan fingerprint density at radius 3 is 2.64 bits per heavy atom. The predicted molar refractivity (Wildman–Crippen MR) is 101 cm³/mol. The lowest BCUT2D eigenvalue weighted by Gasteiger charge is -2.23. The number of carbonyl (C=O) groups is 2. The van der Waals surface area contributed by atoms with Crippen molar-refractivity contribution in [3.05, 3.63) is 47.5 Å². The smallest absolute Gasteiger partial charge is 0.246 e. The first-order valence-corrected chi connectivity index (χ1v) is 9.28. The van der Waals surface area contributed by atoms with Crippen molar-refractivity contribution < 1.29 is 23.8 Å². The van der Waals surface area contributed by atoms with Gasteiger partial charge >= 0.3 is 0 Å². The average Bonchev–Trinajstić information content (AvgIpc) is 3.33. The van der Waals surface area contributed by atoms with Crippen LogP contribution in [0.25, 0.3) is 0 Å². The van der Waals surface area contributed by atoms with Crippen LogP contribution in [0.2, 0.25) is 0 Å². The molecule has 0 radical (unpaired) electrons. The van der Waals surface area contributed by atoms with Crippen molar-refractivity contribution in [3.8, 4) is 17.2 Å². The molecule has 5 rings (SSSR count). The Balaban J connectivity index is 1.61. The molecule has 3 aliphatic heterocycles. The summed E-state index contributed by atoms with van der Waals surface area (Å²) >= 11 is 0. The molecule has 0 aliphatic carbocycles. The molecule has 0 saturated carbocycles. The Kier molecular flexibility index (Phi) is 3.56. The van der Waals surface area contributed by atoms with Gasteiger partial charge in [0.25, 0.3) is 0 Å². The van der Waals surface area contributed by atoms with Crippen molar-refractivity contribution in [1.82, 2.24) is 5.32 Å². The maximum Gasteiger partial charge on any atom is 0.246 e. The lowest BCUT2D eigenvalue weighted by molar-refractivity contribution is -0.125. The van der Waals surface area contributed by atoms with Gasteiger partial charge in [-0.15, -0.1) is 0 Å². The van der Waals surface area contributed by atoms with E-state index in [2.05, 4.69) is 5.32 Å². The van der Waals surface area contributed by atoms with E-state index in [0.29, 0.717) is 17.2 Å². The minimum atomic E-state index is -0.981. The van der Waals surface area contributed by atoms with Crippen molar-refractivity contribution in [1.29, 1.82) is 0 Å². The van der Waals surface area contributed by atoms with Gasteiger partial charge in [0, 0.05) is 23.4 Å². The van der Waals surface area contributed by atoms with Gasteiger partial charge in [-0.25, -0.2) is 0 Å². The monoisotopic (exact) mass is 380 g/mol. The summed E-state index contributed by atoms with van der Waals surface area (Å²) in [7, 11) is 0. The Morgan fingerprint density at radius 1 is 1.11 bits per heavy atom. The molecule has 3 heterocycles. The Labute approximate surface area is 162 Å². The first kappa shape index (κ1) is 16.9. The van der Waals surface area contributed by atoms with E-state index >= 15 is 0 Å². The number of anilines is 1. The van der Waals surface area contributed by atoms with E-state index in [4.69, 9.17) is 14.2 Å². The molecule has 0 saturated heterocycles. The van der Waals surface area contributed by atoms with Gasteiger partial charge in [-0.2, -0.15) is 0 Å². The van der Waals surface area contributed by atoms with Gasteiger partial charge in [0.05, 0.1) is 0 Å². The summed E-state index contributed by atoms with van der Waals surface area (Å²) in [6.07, 6.45) is 0. The van der Waals surface area contributed by atoms with Gasteiger partial charge in [-0.1, -0.05) is 18.2 Å². The van der Waals surface area contributed by atoms with Crippen LogP contribution >= 0.6 is 0 Å². The summed E-state index contributed by atoms with van der Waals surface area (Å²) in [6.45, 7) is 4.09. The van der Waals surface area contributed by atoms with Crippen molar-refractivity contribution in [2.24, 2.45) is 0 Å². The van der Waals surface area contributed by atoms with Gasteiger partial charge in [0.2, 0.25) is 18.6 Å². The molecule has 1 atom stereocenters. The molecule has 1 N–H and O–H groups in total. The second kappa shape index (κ2) is 5.89. The molecule has 1 unspecified atom stereocenters. The third kappa shape index (κ3) is 2.22. The third-order valence-corrected chi connectivity index (χ3v) is 5.40. The van der Waals surface area contributed by atoms with Crippen LogP contribution in [0, 0.1) is 0 Å². The van der Waals surface area contributed by atoms with Crippen LogP contribution in [0.4, 0.5) is 5.69 Å². The van der Waals surface area contributed by atoms with Gasteiger partial charge in [0.1, 0.15) is 24.3 Å². The highest BCUT2D eigenvalue weighted by Gasteiger charge is 2.57. The molecule has 144 valence electrons. The molecule has 3 aliphatic rings. The normalized spacial score (nSPS) is 21.1. The standard InChI is InChI=1S/C21H20N2O5/c1-12(2)22-19(24)9-23-15-6-4-3-5-13(15)21(20(23)25)10-26-16-8-18-17(7-14(16)21)27-11-28-18/h3-8,12H,9-11H2,1-2H3,(H,22,24). The summed E-state index contributed by atoms with van der Waals surface area (Å²) in [6, 6.07) is 11.2. The molecular formula is C21H20N2O5. The van der Waals surface area contributed by atoms with Crippen LogP contribution in [-0.4, -0.2) is 37.8 Å². The molecule has 7 nitrogen and oxygen atoms in total. The van der Waals surface area contributed by atoms with Gasteiger partial charge < -0.3 is 24.4 Å². The Morgan fingerprint density at radius 2 is 1.86 bits per heavy atom. The third-order valence-electron chi connectivity index (χ3n) is 5.40. The summed E-state index contributed by atoms with van der Waals surface area (Å²) in [5.74, 6) is 1.47. The van der Waals surface area contributed by atoms with Crippen LogP contribution in [0.15, 0.2) is 36.4 Å². The number of nitrogens with zero attached hydrogens (tertiary/aromatic N) is 1. The summed E-state index contributed by atoms with van der Waals surface area (Å²) in [5, 5.41) is 2.85. The molecule has 0 bridgehead atoms. The zero-order chi connectivity index (χ0) is 19.5. The van der Waals surface area contributed by atoms with Gasteiger partial charge in [-0.05, 0) is 31.5 Å². The van der Waals surface area contributed by atoms with Crippen LogP contribution in [0.3, 0.4) is 0 Å². The van der Waals surface area contributed by atoms with Crippen molar-refractivity contribution >= 4 is 17.5 Å². The van der Waals surface area contributed by atoms with E-state index in [9.17, 15) is 9.59 Å². The van der Waals surface area contributed by atoms with E-state index in [1.165, 1.54) is 0 Å². The van der Waals surface area contributed by atoms with E-state index < -0.39 is 5.41 Å². The number of hydrogen-bond acceptors (Lipinski definition) is 5. The van der Waals surface area contributed by atoms with Crippen LogP contribution in [-0.2, 0) is 15.0 Å². The van der Waals surface area contributed by atoms with Crippen LogP contribution < -0.4 is 24.4 Å². The first-order chi connectivity index (χ1) is 13.5. The molecule has 2 aromatic rings. The number of hydrogen-bond donors (Lipinski definition) is 1. The largest absolute Gasteiger partial charge is 0.491 e. The molecule has 7 heteroatoms. The van der Waals surface area contributed by atoms with Gasteiger partial charge in [-0.3, -0.25) is 9.59 Å². The maximum absolute atomic E-state index is 13.7. The minimum Gasteiger partial charge on any atom is -0.491 e. The second-order valence-electron chi connectivity index (χ2n) is 7.53. The number of carbonyl (C=O) groups excluding carboxylic acids is 2. The molecule has 1 spiro atoms.